The lowest BCUT2D eigenvalue weighted by atomic mass is 10.1. The quantitative estimate of drug-likeness (QED) is 0.385. The Hall–Kier alpha value is -0.500. The summed E-state index contributed by atoms with van der Waals surface area (Å²) in [5.41, 5.74) is 0. The van der Waals surface area contributed by atoms with E-state index in [1.54, 1.807) is 7.11 Å². The van der Waals surface area contributed by atoms with Gasteiger partial charge < -0.3 is 9.47 Å². The summed E-state index contributed by atoms with van der Waals surface area (Å²) in [5, 5.41) is 0. The van der Waals surface area contributed by atoms with Crippen LogP contribution >= 0.6 is 0 Å². The van der Waals surface area contributed by atoms with E-state index >= 15 is 0 Å². The molecule has 0 spiro atoms. The van der Waals surface area contributed by atoms with Gasteiger partial charge in [0.05, 0.1) is 12.9 Å². The lowest BCUT2D eigenvalue weighted by molar-refractivity contribution is 0.191. The number of ether oxygens (including phenoxy) is 2. The lowest BCUT2D eigenvalue weighted by Crippen LogP contribution is -1.90. The number of rotatable bonds is 10. The Bertz CT molecular complexity index is 102. The first kappa shape index (κ1) is 12.5. The van der Waals surface area contributed by atoms with E-state index in [2.05, 4.69) is 6.58 Å². The number of hydrogen-bond donors (Lipinski definition) is 0. The predicted molar refractivity (Wildman–Crippen MR) is 55.7 cm³/mol. The molecule has 0 unspecified atom stereocenters. The molecule has 0 saturated carbocycles. The largest absolute Gasteiger partial charge is 0.502 e. The zero-order valence-corrected chi connectivity index (χ0v) is 8.76. The van der Waals surface area contributed by atoms with Gasteiger partial charge in [-0.25, -0.2) is 0 Å². The predicted octanol–water partition coefficient (Wildman–Crippen LogP) is 3.13. The van der Waals surface area contributed by atoms with Crippen LogP contribution in [0, 0.1) is 0 Å². The van der Waals surface area contributed by atoms with E-state index in [1.165, 1.54) is 38.4 Å². The number of unbranched alkanes of at least 4 members (excludes halogenated alkanes) is 5. The van der Waals surface area contributed by atoms with Crippen molar-refractivity contribution >= 4 is 0 Å². The molecule has 0 aromatic carbocycles. The normalized spacial score (nSPS) is 9.92. The molecule has 2 nitrogen and oxygen atoms in total. The standard InChI is InChI=1S/C11H22O2/c1-3-13-11-9-7-5-4-6-8-10-12-2/h3H,1,4-11H2,2H3. The van der Waals surface area contributed by atoms with Crippen molar-refractivity contribution in [3.63, 3.8) is 0 Å². The van der Waals surface area contributed by atoms with E-state index in [0.717, 1.165) is 19.6 Å². The fraction of sp³-hybridized carbons (Fsp3) is 0.818. The Balaban J connectivity index is 2.79. The van der Waals surface area contributed by atoms with Crippen molar-refractivity contribution in [3.8, 4) is 0 Å². The van der Waals surface area contributed by atoms with Crippen molar-refractivity contribution < 1.29 is 9.47 Å². The minimum absolute atomic E-state index is 0.821. The average Bonchev–Trinajstić information content (AvgIpc) is 2.16. The second kappa shape index (κ2) is 11.5. The van der Waals surface area contributed by atoms with Crippen molar-refractivity contribution in [1.82, 2.24) is 0 Å². The average molecular weight is 186 g/mol. The zero-order chi connectivity index (χ0) is 9.78. The Morgan fingerprint density at radius 3 is 2.00 bits per heavy atom. The molecule has 0 aliphatic carbocycles. The first-order valence-corrected chi connectivity index (χ1v) is 5.13. The van der Waals surface area contributed by atoms with Crippen molar-refractivity contribution in [2.75, 3.05) is 20.3 Å². The Labute approximate surface area is 81.9 Å². The van der Waals surface area contributed by atoms with Gasteiger partial charge in [-0.2, -0.15) is 0 Å². The van der Waals surface area contributed by atoms with Crippen LogP contribution in [0.4, 0.5) is 0 Å². The zero-order valence-electron chi connectivity index (χ0n) is 8.76. The SMILES string of the molecule is C=COCCCCCCCCOC. The van der Waals surface area contributed by atoms with Crippen LogP contribution in [0.3, 0.4) is 0 Å². The van der Waals surface area contributed by atoms with E-state index in [9.17, 15) is 0 Å². The smallest absolute Gasteiger partial charge is 0.0873 e. The van der Waals surface area contributed by atoms with Gasteiger partial charge in [0, 0.05) is 13.7 Å². The van der Waals surface area contributed by atoms with Crippen LogP contribution in [0.15, 0.2) is 12.8 Å². The molecule has 78 valence electrons. The Morgan fingerprint density at radius 1 is 0.923 bits per heavy atom. The van der Waals surface area contributed by atoms with E-state index in [0.29, 0.717) is 0 Å². The summed E-state index contributed by atoms with van der Waals surface area (Å²) < 4.78 is 9.99. The van der Waals surface area contributed by atoms with Gasteiger partial charge in [-0.05, 0) is 12.8 Å². The summed E-state index contributed by atoms with van der Waals surface area (Å²) in [6.07, 6.45) is 9.03. The van der Waals surface area contributed by atoms with Crippen LogP contribution in [0.1, 0.15) is 38.5 Å². The highest BCUT2D eigenvalue weighted by Gasteiger charge is 1.90. The fourth-order valence-electron chi connectivity index (χ4n) is 1.22. The van der Waals surface area contributed by atoms with Gasteiger partial charge in [0.25, 0.3) is 0 Å². The third-order valence-corrected chi connectivity index (χ3v) is 1.98. The lowest BCUT2D eigenvalue weighted by Gasteiger charge is -2.01. The molecule has 0 rings (SSSR count). The van der Waals surface area contributed by atoms with Gasteiger partial charge in [-0.15, -0.1) is 0 Å². The van der Waals surface area contributed by atoms with Crippen molar-refractivity contribution in [2.24, 2.45) is 0 Å². The maximum Gasteiger partial charge on any atom is 0.0873 e. The van der Waals surface area contributed by atoms with Crippen molar-refractivity contribution in [1.29, 1.82) is 0 Å². The molecular formula is C11H22O2. The molecule has 0 amide bonds. The summed E-state index contributed by atoms with van der Waals surface area (Å²) in [7, 11) is 1.76. The second-order valence-electron chi connectivity index (χ2n) is 3.15. The molecule has 13 heavy (non-hydrogen) atoms. The molecule has 0 N–H and O–H groups in total. The molecule has 0 atom stereocenters. The molecular weight excluding hydrogens is 164 g/mol. The highest BCUT2D eigenvalue weighted by Crippen LogP contribution is 2.05. The Kier molecular flexibility index (Phi) is 11.1. The van der Waals surface area contributed by atoms with Gasteiger partial charge in [0.15, 0.2) is 0 Å². The van der Waals surface area contributed by atoms with Crippen molar-refractivity contribution in [3.05, 3.63) is 12.8 Å². The third kappa shape index (κ3) is 11.5. The molecule has 0 radical (unpaired) electrons. The van der Waals surface area contributed by atoms with E-state index in [4.69, 9.17) is 9.47 Å². The summed E-state index contributed by atoms with van der Waals surface area (Å²) in [4.78, 5) is 0. The minimum atomic E-state index is 0.821. The highest BCUT2D eigenvalue weighted by molar-refractivity contribution is 4.50. The van der Waals surface area contributed by atoms with Crippen LogP contribution in [0.5, 0.6) is 0 Å². The van der Waals surface area contributed by atoms with Crippen molar-refractivity contribution in [2.45, 2.75) is 38.5 Å². The van der Waals surface area contributed by atoms with Gasteiger partial charge in [0.2, 0.25) is 0 Å². The minimum Gasteiger partial charge on any atom is -0.502 e. The first-order valence-electron chi connectivity index (χ1n) is 5.13. The fourth-order valence-corrected chi connectivity index (χ4v) is 1.22. The van der Waals surface area contributed by atoms with Crippen LogP contribution in [-0.4, -0.2) is 20.3 Å². The highest BCUT2D eigenvalue weighted by atomic mass is 16.5. The first-order chi connectivity index (χ1) is 6.41. The van der Waals surface area contributed by atoms with Crippen LogP contribution in [-0.2, 0) is 9.47 Å². The van der Waals surface area contributed by atoms with Crippen LogP contribution in [0.2, 0.25) is 0 Å². The summed E-state index contributed by atoms with van der Waals surface area (Å²) >= 11 is 0. The molecule has 0 saturated heterocycles. The third-order valence-electron chi connectivity index (χ3n) is 1.98. The van der Waals surface area contributed by atoms with E-state index in [1.807, 2.05) is 0 Å². The Morgan fingerprint density at radius 2 is 1.46 bits per heavy atom. The number of methoxy groups -OCH3 is 1. The number of hydrogen-bond acceptors (Lipinski definition) is 2. The summed E-state index contributed by atoms with van der Waals surface area (Å²) in [6.45, 7) is 5.22. The second-order valence-corrected chi connectivity index (χ2v) is 3.15. The topological polar surface area (TPSA) is 18.5 Å². The molecule has 0 aliphatic rings. The molecule has 0 aromatic heterocycles. The maximum absolute atomic E-state index is 5.02. The van der Waals surface area contributed by atoms with E-state index < -0.39 is 0 Å². The monoisotopic (exact) mass is 186 g/mol. The van der Waals surface area contributed by atoms with Crippen LogP contribution < -0.4 is 0 Å². The van der Waals surface area contributed by atoms with E-state index in [-0.39, 0.29) is 0 Å². The van der Waals surface area contributed by atoms with Gasteiger partial charge in [-0.3, -0.25) is 0 Å². The van der Waals surface area contributed by atoms with Gasteiger partial charge in [0.1, 0.15) is 0 Å². The molecule has 0 heterocycles. The molecule has 0 bridgehead atoms. The van der Waals surface area contributed by atoms with Crippen LogP contribution in [0.25, 0.3) is 0 Å². The summed E-state index contributed by atoms with van der Waals surface area (Å²) in [5.74, 6) is 0. The van der Waals surface area contributed by atoms with Gasteiger partial charge in [-0.1, -0.05) is 32.3 Å². The molecule has 0 aromatic rings. The molecule has 0 aliphatic heterocycles. The van der Waals surface area contributed by atoms with Gasteiger partial charge >= 0.3 is 0 Å². The molecule has 0 fully saturated rings. The molecule has 2 heteroatoms. The summed E-state index contributed by atoms with van der Waals surface area (Å²) in [6, 6.07) is 0. The maximum atomic E-state index is 5.02.